The van der Waals surface area contributed by atoms with E-state index in [1.165, 1.54) is 4.90 Å². The number of hydrogen-bond donors (Lipinski definition) is 2. The molecule has 4 rings (SSSR count). The minimum Gasteiger partial charge on any atom is -0.461 e. The summed E-state index contributed by atoms with van der Waals surface area (Å²) in [5, 5.41) is 3.49. The smallest absolute Gasteiger partial charge is 0.354 e. The first-order valence-electron chi connectivity index (χ1n) is 8.57. The van der Waals surface area contributed by atoms with Gasteiger partial charge < -0.3 is 15.0 Å². The molecule has 2 aromatic carbocycles. The van der Waals surface area contributed by atoms with Crippen LogP contribution >= 0.6 is 0 Å². The molecule has 7 nitrogen and oxygen atoms in total. The summed E-state index contributed by atoms with van der Waals surface area (Å²) in [6.45, 7) is 1.98. The van der Waals surface area contributed by atoms with Crippen molar-refractivity contribution in [2.24, 2.45) is 0 Å². The number of H-pyrrole nitrogens is 1. The Morgan fingerprint density at radius 2 is 1.96 bits per heavy atom. The maximum absolute atomic E-state index is 13.0. The predicted octanol–water partition coefficient (Wildman–Crippen LogP) is 2.94. The van der Waals surface area contributed by atoms with Gasteiger partial charge in [0.25, 0.3) is 5.91 Å². The molecule has 2 heterocycles. The standard InChI is InChI=1S/C20H17N3O4/c1-2-27-20(26)16-10-13-9-12(7-8-14(13)21-16)19(25)23-11-18(24)22-15-5-3-4-6-17(15)23/h3-10,21H,2,11H2,1H3,(H,22,24). The largest absolute Gasteiger partial charge is 0.461 e. The number of hydrogen-bond acceptors (Lipinski definition) is 4. The Kier molecular flexibility index (Phi) is 4.12. The number of fused-ring (bicyclic) bond motifs is 2. The molecule has 0 saturated heterocycles. The molecule has 0 unspecified atom stereocenters. The van der Waals surface area contributed by atoms with E-state index in [0.717, 1.165) is 10.9 Å². The van der Waals surface area contributed by atoms with Crippen molar-refractivity contribution in [3.63, 3.8) is 0 Å². The molecule has 0 spiro atoms. The van der Waals surface area contributed by atoms with Crippen LogP contribution in [0.25, 0.3) is 10.9 Å². The highest BCUT2D eigenvalue weighted by Crippen LogP contribution is 2.30. The average Bonchev–Trinajstić information content (AvgIpc) is 3.10. The first-order valence-corrected chi connectivity index (χ1v) is 8.57. The highest BCUT2D eigenvalue weighted by molar-refractivity contribution is 6.16. The molecular formula is C20H17N3O4. The number of ether oxygens (including phenoxy) is 1. The molecule has 0 atom stereocenters. The fourth-order valence-electron chi connectivity index (χ4n) is 3.15. The number of carbonyl (C=O) groups is 3. The van der Waals surface area contributed by atoms with Crippen molar-refractivity contribution in [2.75, 3.05) is 23.4 Å². The predicted molar refractivity (Wildman–Crippen MR) is 101 cm³/mol. The van der Waals surface area contributed by atoms with Gasteiger partial charge in [0.2, 0.25) is 5.91 Å². The number of rotatable bonds is 3. The van der Waals surface area contributed by atoms with Crippen LogP contribution in [0.4, 0.5) is 11.4 Å². The molecule has 0 bridgehead atoms. The van der Waals surface area contributed by atoms with Gasteiger partial charge >= 0.3 is 5.97 Å². The third-order valence-electron chi connectivity index (χ3n) is 4.38. The summed E-state index contributed by atoms with van der Waals surface area (Å²) in [6.07, 6.45) is 0. The SMILES string of the molecule is CCOC(=O)c1cc2cc(C(=O)N3CC(=O)Nc4ccccc43)ccc2[nH]1. The number of nitrogens with zero attached hydrogens (tertiary/aromatic N) is 1. The molecule has 7 heteroatoms. The van der Waals surface area contributed by atoms with Crippen molar-refractivity contribution in [2.45, 2.75) is 6.92 Å². The normalized spacial score (nSPS) is 13.2. The highest BCUT2D eigenvalue weighted by Gasteiger charge is 2.27. The molecule has 2 amide bonds. The van der Waals surface area contributed by atoms with Crippen LogP contribution in [0.15, 0.2) is 48.5 Å². The lowest BCUT2D eigenvalue weighted by molar-refractivity contribution is -0.115. The zero-order chi connectivity index (χ0) is 19.0. The van der Waals surface area contributed by atoms with Crippen LogP contribution in [-0.4, -0.2) is 35.9 Å². The van der Waals surface area contributed by atoms with Gasteiger partial charge in [0, 0.05) is 16.5 Å². The van der Waals surface area contributed by atoms with Crippen molar-refractivity contribution in [1.29, 1.82) is 0 Å². The Balaban J connectivity index is 1.69. The molecule has 1 aliphatic heterocycles. The zero-order valence-electron chi connectivity index (χ0n) is 14.6. The van der Waals surface area contributed by atoms with E-state index in [-0.39, 0.29) is 25.0 Å². The Hall–Kier alpha value is -3.61. The van der Waals surface area contributed by atoms with Gasteiger partial charge in [-0.05, 0) is 43.3 Å². The number of benzene rings is 2. The molecule has 1 aliphatic rings. The molecule has 136 valence electrons. The first-order chi connectivity index (χ1) is 13.1. The average molecular weight is 363 g/mol. The fourth-order valence-corrected chi connectivity index (χ4v) is 3.15. The number of nitrogens with one attached hydrogen (secondary N) is 2. The Labute approximate surface area is 154 Å². The summed E-state index contributed by atoms with van der Waals surface area (Å²) >= 11 is 0. The van der Waals surface area contributed by atoms with Gasteiger partial charge in [-0.15, -0.1) is 0 Å². The minimum atomic E-state index is -0.441. The number of anilines is 2. The third-order valence-corrected chi connectivity index (χ3v) is 4.38. The van der Waals surface area contributed by atoms with Crippen LogP contribution < -0.4 is 10.2 Å². The van der Waals surface area contributed by atoms with E-state index in [0.29, 0.717) is 22.6 Å². The molecule has 0 fully saturated rings. The van der Waals surface area contributed by atoms with Gasteiger partial charge in [-0.2, -0.15) is 0 Å². The first kappa shape index (κ1) is 16.8. The van der Waals surface area contributed by atoms with Crippen molar-refractivity contribution in [1.82, 2.24) is 4.98 Å². The Morgan fingerprint density at radius 1 is 1.15 bits per heavy atom. The topological polar surface area (TPSA) is 91.5 Å². The second-order valence-electron chi connectivity index (χ2n) is 6.16. The second-order valence-corrected chi connectivity index (χ2v) is 6.16. The van der Waals surface area contributed by atoms with Crippen LogP contribution in [-0.2, 0) is 9.53 Å². The summed E-state index contributed by atoms with van der Waals surface area (Å²) in [5.74, 6) is -0.962. The van der Waals surface area contributed by atoms with E-state index < -0.39 is 5.97 Å². The van der Waals surface area contributed by atoms with Gasteiger partial charge in [0.1, 0.15) is 12.2 Å². The lowest BCUT2D eigenvalue weighted by Crippen LogP contribution is -2.42. The minimum absolute atomic E-state index is 0.0465. The van der Waals surface area contributed by atoms with Crippen LogP contribution in [0.2, 0.25) is 0 Å². The van der Waals surface area contributed by atoms with Crippen molar-refractivity contribution >= 4 is 40.1 Å². The summed E-state index contributed by atoms with van der Waals surface area (Å²) in [6, 6.07) is 13.9. The van der Waals surface area contributed by atoms with E-state index in [9.17, 15) is 14.4 Å². The number of para-hydroxylation sites is 2. The van der Waals surface area contributed by atoms with Crippen LogP contribution in [0.1, 0.15) is 27.8 Å². The number of esters is 1. The van der Waals surface area contributed by atoms with Crippen molar-refractivity contribution < 1.29 is 19.1 Å². The van der Waals surface area contributed by atoms with E-state index in [1.807, 2.05) is 6.07 Å². The molecular weight excluding hydrogens is 346 g/mol. The molecule has 0 aliphatic carbocycles. The zero-order valence-corrected chi connectivity index (χ0v) is 14.6. The summed E-state index contributed by atoms with van der Waals surface area (Å²) in [4.78, 5) is 41.3. The van der Waals surface area contributed by atoms with E-state index in [4.69, 9.17) is 4.74 Å². The monoisotopic (exact) mass is 363 g/mol. The lowest BCUT2D eigenvalue weighted by atomic mass is 10.1. The quantitative estimate of drug-likeness (QED) is 0.700. The summed E-state index contributed by atoms with van der Waals surface area (Å²) in [7, 11) is 0. The third kappa shape index (κ3) is 3.03. The van der Waals surface area contributed by atoms with Gasteiger partial charge in [0.05, 0.1) is 18.0 Å². The van der Waals surface area contributed by atoms with Crippen LogP contribution in [0.5, 0.6) is 0 Å². The van der Waals surface area contributed by atoms with Crippen LogP contribution in [0, 0.1) is 0 Å². The lowest BCUT2D eigenvalue weighted by Gasteiger charge is -2.29. The van der Waals surface area contributed by atoms with Crippen molar-refractivity contribution in [3.05, 3.63) is 59.8 Å². The number of amides is 2. The van der Waals surface area contributed by atoms with Crippen LogP contribution in [0.3, 0.4) is 0 Å². The van der Waals surface area contributed by atoms with Crippen molar-refractivity contribution in [3.8, 4) is 0 Å². The fraction of sp³-hybridized carbons (Fsp3) is 0.150. The van der Waals surface area contributed by atoms with E-state index in [1.54, 1.807) is 49.4 Å². The summed E-state index contributed by atoms with van der Waals surface area (Å²) < 4.78 is 4.99. The van der Waals surface area contributed by atoms with Gasteiger partial charge in [-0.3, -0.25) is 14.5 Å². The number of aromatic nitrogens is 1. The second kappa shape index (κ2) is 6.60. The molecule has 3 aromatic rings. The number of aromatic amines is 1. The maximum atomic E-state index is 13.0. The van der Waals surface area contributed by atoms with E-state index in [2.05, 4.69) is 10.3 Å². The van der Waals surface area contributed by atoms with Gasteiger partial charge in [-0.1, -0.05) is 12.1 Å². The molecule has 2 N–H and O–H groups in total. The van der Waals surface area contributed by atoms with Gasteiger partial charge in [-0.25, -0.2) is 4.79 Å². The van der Waals surface area contributed by atoms with E-state index >= 15 is 0 Å². The van der Waals surface area contributed by atoms with Gasteiger partial charge in [0.15, 0.2) is 0 Å². The molecule has 27 heavy (non-hydrogen) atoms. The highest BCUT2D eigenvalue weighted by atomic mass is 16.5. The Morgan fingerprint density at radius 3 is 2.78 bits per heavy atom. The molecule has 1 aromatic heterocycles. The maximum Gasteiger partial charge on any atom is 0.354 e. The Bertz CT molecular complexity index is 1070. The molecule has 0 radical (unpaired) electrons. The summed E-state index contributed by atoms with van der Waals surface area (Å²) in [5.41, 5.74) is 2.75. The number of carbonyl (C=O) groups excluding carboxylic acids is 3. The molecule has 0 saturated carbocycles.